The molecule has 2 bridgehead atoms. The topological polar surface area (TPSA) is 55.8 Å². The highest BCUT2D eigenvalue weighted by molar-refractivity contribution is 5.89. The summed E-state index contributed by atoms with van der Waals surface area (Å²) in [7, 11) is 1.39. The van der Waals surface area contributed by atoms with Crippen LogP contribution in [0.2, 0.25) is 0 Å². The van der Waals surface area contributed by atoms with E-state index in [0.29, 0.717) is 5.56 Å². The van der Waals surface area contributed by atoms with Gasteiger partial charge < -0.3 is 9.47 Å². The lowest BCUT2D eigenvalue weighted by Crippen LogP contribution is -2.45. The van der Waals surface area contributed by atoms with E-state index < -0.39 is 5.60 Å². The van der Waals surface area contributed by atoms with Gasteiger partial charge in [-0.25, -0.2) is 9.59 Å². The van der Waals surface area contributed by atoms with Crippen molar-refractivity contribution in [3.8, 4) is 0 Å². The van der Waals surface area contributed by atoms with Gasteiger partial charge in [-0.15, -0.1) is 0 Å². The fourth-order valence-electron chi connectivity index (χ4n) is 3.84. The summed E-state index contributed by atoms with van der Waals surface area (Å²) in [6.45, 7) is 5.69. The van der Waals surface area contributed by atoms with Gasteiger partial charge in [0.05, 0.1) is 18.7 Å². The Balaban J connectivity index is 1.72. The highest BCUT2D eigenvalue weighted by atomic mass is 16.6. The molecule has 1 amide bonds. The average molecular weight is 357 g/mol. The standard InChI is InChI=1S/C21H27NO4/c1-21(2,3)26-20(24)22-17-8-9-18(22)13-15(12-17)10-14-6-5-7-16(11-14)19(23)25-4/h5-7,11-12,17-18H,8-10,13H2,1-4H3/t17-,18+/m1/s1. The maximum atomic E-state index is 12.5. The highest BCUT2D eigenvalue weighted by Crippen LogP contribution is 2.37. The van der Waals surface area contributed by atoms with Gasteiger partial charge in [-0.2, -0.15) is 0 Å². The van der Waals surface area contributed by atoms with Crippen molar-refractivity contribution in [2.75, 3.05) is 7.11 Å². The predicted molar refractivity (Wildman–Crippen MR) is 99.1 cm³/mol. The second-order valence-electron chi connectivity index (χ2n) is 8.08. The molecule has 1 aromatic rings. The SMILES string of the molecule is COC(=O)c1cccc(CC2=C[C@H]3CC[C@@H](C2)N3C(=O)OC(C)(C)C)c1. The zero-order chi connectivity index (χ0) is 18.9. The van der Waals surface area contributed by atoms with E-state index in [1.54, 1.807) is 6.07 Å². The molecule has 2 heterocycles. The minimum atomic E-state index is -0.477. The van der Waals surface area contributed by atoms with Gasteiger partial charge in [0, 0.05) is 6.04 Å². The smallest absolute Gasteiger partial charge is 0.411 e. The summed E-state index contributed by atoms with van der Waals surface area (Å²) in [5.74, 6) is -0.319. The molecule has 5 heteroatoms. The molecule has 0 unspecified atom stereocenters. The number of ether oxygens (including phenoxy) is 2. The van der Waals surface area contributed by atoms with Gasteiger partial charge in [0.2, 0.25) is 0 Å². The molecule has 0 saturated carbocycles. The maximum Gasteiger partial charge on any atom is 0.411 e. The first kappa shape index (κ1) is 18.5. The fraction of sp³-hybridized carbons (Fsp3) is 0.524. The molecule has 1 saturated heterocycles. The van der Waals surface area contributed by atoms with Crippen LogP contribution < -0.4 is 0 Å². The van der Waals surface area contributed by atoms with E-state index >= 15 is 0 Å². The molecule has 0 aromatic heterocycles. The van der Waals surface area contributed by atoms with Crippen LogP contribution in [0.15, 0.2) is 35.9 Å². The Morgan fingerprint density at radius 2 is 2.00 bits per heavy atom. The van der Waals surface area contributed by atoms with E-state index in [9.17, 15) is 9.59 Å². The molecular weight excluding hydrogens is 330 g/mol. The first-order chi connectivity index (χ1) is 12.3. The van der Waals surface area contributed by atoms with Crippen LogP contribution >= 0.6 is 0 Å². The third-order valence-corrected chi connectivity index (χ3v) is 4.86. The third kappa shape index (κ3) is 4.09. The quantitative estimate of drug-likeness (QED) is 0.603. The van der Waals surface area contributed by atoms with E-state index in [1.807, 2.05) is 43.9 Å². The zero-order valence-electron chi connectivity index (χ0n) is 16.0. The van der Waals surface area contributed by atoms with E-state index in [0.717, 1.165) is 31.2 Å². The van der Waals surface area contributed by atoms with Gasteiger partial charge in [-0.05, 0) is 64.2 Å². The van der Waals surface area contributed by atoms with E-state index in [2.05, 4.69) is 6.08 Å². The Labute approximate surface area is 155 Å². The second kappa shape index (κ2) is 7.14. The summed E-state index contributed by atoms with van der Waals surface area (Å²) in [5.41, 5.74) is 2.50. The molecule has 140 valence electrons. The first-order valence-electron chi connectivity index (χ1n) is 9.15. The van der Waals surface area contributed by atoms with Crippen LogP contribution in [-0.4, -0.2) is 41.8 Å². The number of nitrogens with zero attached hydrogens (tertiary/aromatic N) is 1. The number of hydrogen-bond acceptors (Lipinski definition) is 4. The highest BCUT2D eigenvalue weighted by Gasteiger charge is 2.41. The van der Waals surface area contributed by atoms with Gasteiger partial charge in [0.15, 0.2) is 0 Å². The predicted octanol–water partition coefficient (Wildman–Crippen LogP) is 4.11. The Hall–Kier alpha value is -2.30. The van der Waals surface area contributed by atoms with Crippen LogP contribution in [0.25, 0.3) is 0 Å². The lowest BCUT2D eigenvalue weighted by Gasteiger charge is -2.35. The molecule has 2 atom stereocenters. The summed E-state index contributed by atoms with van der Waals surface area (Å²) < 4.78 is 10.4. The fourth-order valence-corrected chi connectivity index (χ4v) is 3.84. The number of fused-ring (bicyclic) bond motifs is 2. The minimum Gasteiger partial charge on any atom is -0.465 e. The number of carbonyl (C=O) groups excluding carboxylic acids is 2. The van der Waals surface area contributed by atoms with Gasteiger partial charge in [-0.1, -0.05) is 23.8 Å². The van der Waals surface area contributed by atoms with Crippen LogP contribution in [0.3, 0.4) is 0 Å². The minimum absolute atomic E-state index is 0.113. The molecule has 2 aliphatic rings. The number of methoxy groups -OCH3 is 1. The van der Waals surface area contributed by atoms with Crippen molar-refractivity contribution in [2.45, 2.75) is 64.1 Å². The Morgan fingerprint density at radius 1 is 1.23 bits per heavy atom. The average Bonchev–Trinajstić information content (AvgIpc) is 2.84. The number of esters is 1. The van der Waals surface area contributed by atoms with Crippen LogP contribution in [-0.2, 0) is 15.9 Å². The van der Waals surface area contributed by atoms with Gasteiger partial charge in [0.25, 0.3) is 0 Å². The Kier molecular flexibility index (Phi) is 5.08. The summed E-state index contributed by atoms with van der Waals surface area (Å²) >= 11 is 0. The van der Waals surface area contributed by atoms with Crippen molar-refractivity contribution in [1.82, 2.24) is 4.90 Å². The molecule has 26 heavy (non-hydrogen) atoms. The van der Waals surface area contributed by atoms with Crippen LogP contribution in [0.4, 0.5) is 4.79 Å². The summed E-state index contributed by atoms with van der Waals surface area (Å²) in [4.78, 5) is 26.1. The molecular formula is C21H27NO4. The summed E-state index contributed by atoms with van der Waals surface area (Å²) in [6.07, 6.45) is 5.63. The largest absolute Gasteiger partial charge is 0.465 e. The third-order valence-electron chi connectivity index (χ3n) is 4.86. The van der Waals surface area contributed by atoms with Gasteiger partial charge in [0.1, 0.15) is 5.60 Å². The molecule has 0 N–H and O–H groups in total. The van der Waals surface area contributed by atoms with Crippen molar-refractivity contribution in [3.05, 3.63) is 47.0 Å². The number of amides is 1. The first-order valence-corrected chi connectivity index (χ1v) is 9.15. The number of benzene rings is 1. The van der Waals surface area contributed by atoms with E-state index in [4.69, 9.17) is 9.47 Å². The summed E-state index contributed by atoms with van der Waals surface area (Å²) in [6, 6.07) is 7.87. The van der Waals surface area contributed by atoms with Crippen LogP contribution in [0, 0.1) is 0 Å². The monoisotopic (exact) mass is 357 g/mol. The van der Waals surface area contributed by atoms with E-state index in [-0.39, 0.29) is 24.1 Å². The van der Waals surface area contributed by atoms with Crippen molar-refractivity contribution >= 4 is 12.1 Å². The van der Waals surface area contributed by atoms with Crippen molar-refractivity contribution in [1.29, 1.82) is 0 Å². The molecule has 2 aliphatic heterocycles. The lowest BCUT2D eigenvalue weighted by atomic mass is 9.94. The number of carbonyl (C=O) groups is 2. The van der Waals surface area contributed by atoms with Crippen molar-refractivity contribution < 1.29 is 19.1 Å². The molecule has 0 spiro atoms. The zero-order valence-corrected chi connectivity index (χ0v) is 16.0. The molecule has 1 fully saturated rings. The number of hydrogen-bond donors (Lipinski definition) is 0. The Morgan fingerprint density at radius 3 is 2.65 bits per heavy atom. The molecule has 5 nitrogen and oxygen atoms in total. The Bertz CT molecular complexity index is 732. The lowest BCUT2D eigenvalue weighted by molar-refractivity contribution is 0.0166. The molecule has 0 radical (unpaired) electrons. The molecule has 0 aliphatic carbocycles. The molecule has 1 aromatic carbocycles. The van der Waals surface area contributed by atoms with Gasteiger partial charge in [-0.3, -0.25) is 4.90 Å². The number of rotatable bonds is 3. The van der Waals surface area contributed by atoms with Crippen LogP contribution in [0.5, 0.6) is 0 Å². The van der Waals surface area contributed by atoms with E-state index in [1.165, 1.54) is 12.7 Å². The van der Waals surface area contributed by atoms with Gasteiger partial charge >= 0.3 is 12.1 Å². The maximum absolute atomic E-state index is 12.5. The summed E-state index contributed by atoms with van der Waals surface area (Å²) in [5, 5.41) is 0. The second-order valence-corrected chi connectivity index (χ2v) is 8.08. The van der Waals surface area contributed by atoms with Crippen LogP contribution in [0.1, 0.15) is 56.0 Å². The normalized spacial score (nSPS) is 22.0. The van der Waals surface area contributed by atoms with Crippen molar-refractivity contribution in [2.24, 2.45) is 0 Å². The van der Waals surface area contributed by atoms with Crippen molar-refractivity contribution in [3.63, 3.8) is 0 Å². The molecule has 3 rings (SSSR count).